The molecule has 0 bridgehead atoms. The van der Waals surface area contributed by atoms with E-state index in [4.69, 9.17) is 14.2 Å². The predicted octanol–water partition coefficient (Wildman–Crippen LogP) is 12.5. The number of carbonyl (C=O) groups is 1. The van der Waals surface area contributed by atoms with E-state index < -0.39 is 8.07 Å². The fourth-order valence-electron chi connectivity index (χ4n) is 6.86. The molecule has 0 radical (unpaired) electrons. The molecule has 3 aromatic rings. The third-order valence-corrected chi connectivity index (χ3v) is 14.4. The third kappa shape index (κ3) is 14.2. The number of hydrogen-bond acceptors (Lipinski definition) is 4. The quantitative estimate of drug-likeness (QED) is 0.0787. The average Bonchev–Trinajstić information content (AvgIpc) is 3.10. The minimum atomic E-state index is -1.11. The van der Waals surface area contributed by atoms with Crippen LogP contribution in [0.25, 0.3) is 11.1 Å². The summed E-state index contributed by atoms with van der Waals surface area (Å²) >= 11 is 5.35. The van der Waals surface area contributed by atoms with E-state index in [1.165, 1.54) is 69.8 Å². The summed E-state index contributed by atoms with van der Waals surface area (Å²) < 4.78 is 17.9. The van der Waals surface area contributed by atoms with E-state index >= 15 is 0 Å². The van der Waals surface area contributed by atoms with Crippen LogP contribution in [0.4, 0.5) is 0 Å². The van der Waals surface area contributed by atoms with Gasteiger partial charge in [0.05, 0.1) is 24.4 Å². The van der Waals surface area contributed by atoms with Crippen molar-refractivity contribution in [3.63, 3.8) is 0 Å². The Hall–Kier alpha value is -1.48. The number of rotatable bonds is 12. The zero-order valence-electron chi connectivity index (χ0n) is 31.4. The van der Waals surface area contributed by atoms with E-state index in [0.29, 0.717) is 12.2 Å². The zero-order valence-corrected chi connectivity index (χ0v) is 36.5. The Labute approximate surface area is 323 Å². The fourth-order valence-corrected chi connectivity index (χ4v) is 11.5. The van der Waals surface area contributed by atoms with Crippen molar-refractivity contribution in [1.82, 2.24) is 0 Å². The monoisotopic (exact) mass is 872 g/mol. The van der Waals surface area contributed by atoms with E-state index in [9.17, 15) is 4.79 Å². The Kier molecular flexibility index (Phi) is 19.4. The second kappa shape index (κ2) is 22.6. The van der Waals surface area contributed by atoms with E-state index in [2.05, 4.69) is 126 Å². The van der Waals surface area contributed by atoms with E-state index in [1.807, 2.05) is 0 Å². The predicted molar refractivity (Wildman–Crippen MR) is 216 cm³/mol. The Morgan fingerprint density at radius 1 is 0.780 bits per heavy atom. The number of benzene rings is 3. The topological polar surface area (TPSA) is 44.8 Å². The SMILES string of the molecule is CC(C)Oc1cccc(OC(C)C)c1-c1ccccc1P(C1CCCCC1)C1CCCCC1.C[Si](C)(C)CCOC(=O)c1cc[c-]cc1.[Br][Pd+]. The van der Waals surface area contributed by atoms with Crippen LogP contribution in [0.2, 0.25) is 25.7 Å². The van der Waals surface area contributed by atoms with Crippen molar-refractivity contribution in [2.24, 2.45) is 0 Å². The summed E-state index contributed by atoms with van der Waals surface area (Å²) in [5.74, 6) is 1.68. The maximum absolute atomic E-state index is 11.5. The van der Waals surface area contributed by atoms with Gasteiger partial charge in [0, 0.05) is 8.07 Å². The standard InChI is InChI=1S/C30H43O2P.C12H17O2Si.BrH.Pd/c1-22(2)31-27-19-13-20-28(32-23(3)4)30(27)26-18-11-12-21-29(26)33(24-14-7-5-8-15-24)25-16-9-6-10-17-25;1-15(2,3)10-9-14-12(13)11-7-5-4-6-8-11;;/h11-13,18-25H,5-10,14-17H2,1-4H3;5-8H,9-10H2,1-3H3;1H;/q;-1;;+2/p-1. The van der Waals surface area contributed by atoms with Crippen LogP contribution in [0.5, 0.6) is 11.5 Å². The molecule has 2 saturated carbocycles. The van der Waals surface area contributed by atoms with E-state index in [-0.39, 0.29) is 26.1 Å². The molecule has 0 N–H and O–H groups in total. The first kappa shape index (κ1) is 42.9. The van der Waals surface area contributed by atoms with Crippen LogP contribution in [0, 0.1) is 6.07 Å². The van der Waals surface area contributed by atoms with Crippen LogP contribution in [-0.4, -0.2) is 44.2 Å². The van der Waals surface area contributed by atoms with Gasteiger partial charge < -0.3 is 14.2 Å². The maximum atomic E-state index is 11.5. The summed E-state index contributed by atoms with van der Waals surface area (Å²) in [5, 5.41) is 1.60. The van der Waals surface area contributed by atoms with Crippen LogP contribution in [0.3, 0.4) is 0 Å². The summed E-state index contributed by atoms with van der Waals surface area (Å²) in [6.07, 6.45) is 14.4. The molecular formula is C42H60BrO4PPdSi. The molecule has 0 aromatic heterocycles. The Bertz CT molecular complexity index is 1360. The second-order valence-corrected chi connectivity index (χ2v) is 23.6. The summed E-state index contributed by atoms with van der Waals surface area (Å²) in [5.41, 5.74) is 4.85. The number of ether oxygens (including phenoxy) is 3. The number of hydrogen-bond donors (Lipinski definition) is 0. The normalized spacial score (nSPS) is 15.5. The van der Waals surface area contributed by atoms with E-state index in [0.717, 1.165) is 34.4 Å². The van der Waals surface area contributed by atoms with Crippen LogP contribution >= 0.6 is 21.4 Å². The second-order valence-electron chi connectivity index (χ2n) is 15.2. The molecule has 0 amide bonds. The van der Waals surface area contributed by atoms with Crippen molar-refractivity contribution in [2.45, 2.75) is 141 Å². The van der Waals surface area contributed by atoms with Crippen molar-refractivity contribution < 1.29 is 36.2 Å². The molecule has 3 aromatic carbocycles. The first-order chi connectivity index (χ1) is 24.0. The first-order valence-corrected chi connectivity index (χ1v) is 27.4. The van der Waals surface area contributed by atoms with Gasteiger partial charge in [0.1, 0.15) is 11.5 Å². The Morgan fingerprint density at radius 2 is 1.28 bits per heavy atom. The molecule has 2 fully saturated rings. The molecule has 0 aliphatic heterocycles. The molecule has 4 nitrogen and oxygen atoms in total. The molecule has 2 aliphatic carbocycles. The summed E-state index contributed by atoms with van der Waals surface area (Å²) in [7, 11) is -1.32. The molecule has 278 valence electrons. The molecule has 0 unspecified atom stereocenters. The first-order valence-electron chi connectivity index (χ1n) is 18.6. The molecule has 2 aliphatic rings. The molecular weight excluding hydrogens is 814 g/mol. The van der Waals surface area contributed by atoms with Gasteiger partial charge in [-0.1, -0.05) is 96.4 Å². The molecule has 50 heavy (non-hydrogen) atoms. The fraction of sp³-hybridized carbons (Fsp3) is 0.548. The Balaban J connectivity index is 0.000000334. The zero-order chi connectivity index (χ0) is 36.5. The molecule has 0 heterocycles. The average molecular weight is 874 g/mol. The van der Waals surface area contributed by atoms with Crippen molar-refractivity contribution in [3.05, 3.63) is 78.4 Å². The van der Waals surface area contributed by atoms with Crippen LogP contribution in [0.15, 0.2) is 66.7 Å². The van der Waals surface area contributed by atoms with E-state index in [1.54, 1.807) is 29.6 Å². The van der Waals surface area contributed by atoms with Crippen molar-refractivity contribution in [2.75, 3.05) is 6.61 Å². The summed E-state index contributed by atoms with van der Waals surface area (Å²) in [4.78, 5) is 11.5. The summed E-state index contributed by atoms with van der Waals surface area (Å²) in [6.45, 7) is 15.8. The molecule has 0 saturated heterocycles. The van der Waals surface area contributed by atoms with Gasteiger partial charge in [0.25, 0.3) is 0 Å². The van der Waals surface area contributed by atoms with Gasteiger partial charge in [-0.3, -0.25) is 0 Å². The van der Waals surface area contributed by atoms with Gasteiger partial charge in [0.2, 0.25) is 0 Å². The van der Waals surface area contributed by atoms with Crippen molar-refractivity contribution in [1.29, 1.82) is 0 Å². The van der Waals surface area contributed by atoms with Gasteiger partial charge in [-0.2, -0.15) is 30.3 Å². The molecule has 0 atom stereocenters. The van der Waals surface area contributed by atoms with Gasteiger partial charge >= 0.3 is 36.6 Å². The van der Waals surface area contributed by atoms with Crippen LogP contribution in [0.1, 0.15) is 102 Å². The van der Waals surface area contributed by atoms with Crippen LogP contribution < -0.4 is 14.8 Å². The van der Waals surface area contributed by atoms with Gasteiger partial charge in [-0.25, -0.2) is 4.79 Å². The van der Waals surface area contributed by atoms with Crippen LogP contribution in [-0.2, 0) is 21.9 Å². The Morgan fingerprint density at radius 3 is 1.76 bits per heavy atom. The molecule has 5 rings (SSSR count). The third-order valence-electron chi connectivity index (χ3n) is 9.14. The van der Waals surface area contributed by atoms with Gasteiger partial charge in [0.15, 0.2) is 0 Å². The number of carbonyl (C=O) groups excluding carboxylic acids is 1. The molecule has 8 heteroatoms. The minimum absolute atomic E-state index is 0.128. The summed E-state index contributed by atoms with van der Waals surface area (Å²) in [6, 6.07) is 26.4. The van der Waals surface area contributed by atoms with Crippen molar-refractivity contribution in [3.8, 4) is 22.6 Å². The number of halogens is 1. The van der Waals surface area contributed by atoms with Crippen molar-refractivity contribution >= 4 is 40.7 Å². The van der Waals surface area contributed by atoms with Gasteiger partial charge in [-0.05, 0) is 99.3 Å². The number of esters is 1. The molecule has 0 spiro atoms. The van der Waals surface area contributed by atoms with Gasteiger partial charge in [-0.15, -0.1) is 0 Å².